The van der Waals surface area contributed by atoms with E-state index in [9.17, 15) is 14.9 Å². The van der Waals surface area contributed by atoms with Crippen LogP contribution in [0.3, 0.4) is 0 Å². The molecule has 3 aromatic rings. The van der Waals surface area contributed by atoms with Crippen LogP contribution in [0, 0.1) is 10.1 Å². The van der Waals surface area contributed by atoms with Gasteiger partial charge in [0.2, 0.25) is 0 Å². The summed E-state index contributed by atoms with van der Waals surface area (Å²) in [5.41, 5.74) is 3.71. The number of nitrogens with one attached hydrogen (secondary N) is 1. The van der Waals surface area contributed by atoms with Crippen molar-refractivity contribution in [2.24, 2.45) is 0 Å². The first-order valence-electron chi connectivity index (χ1n) is 7.23. The predicted molar refractivity (Wildman–Crippen MR) is 87.8 cm³/mol. The van der Waals surface area contributed by atoms with Gasteiger partial charge in [0.05, 0.1) is 4.92 Å². The molecule has 0 saturated carbocycles. The molecule has 1 amide bonds. The molecule has 0 aromatic heterocycles. The molecule has 5 heteroatoms. The van der Waals surface area contributed by atoms with Crippen molar-refractivity contribution in [1.29, 1.82) is 0 Å². The third-order valence-electron chi connectivity index (χ3n) is 4.17. The van der Waals surface area contributed by atoms with Crippen molar-refractivity contribution < 1.29 is 9.72 Å². The van der Waals surface area contributed by atoms with Crippen LogP contribution in [0.4, 0.5) is 11.4 Å². The highest BCUT2D eigenvalue weighted by Gasteiger charge is 2.22. The highest BCUT2D eigenvalue weighted by atomic mass is 16.6. The van der Waals surface area contributed by atoms with Crippen molar-refractivity contribution in [2.75, 3.05) is 5.32 Å². The van der Waals surface area contributed by atoms with E-state index in [1.807, 2.05) is 30.3 Å². The molecule has 23 heavy (non-hydrogen) atoms. The van der Waals surface area contributed by atoms with Crippen LogP contribution in [0.5, 0.6) is 0 Å². The zero-order valence-electron chi connectivity index (χ0n) is 12.1. The Morgan fingerprint density at radius 2 is 1.78 bits per heavy atom. The number of carbonyl (C=O) groups is 1. The molecule has 112 valence electrons. The van der Waals surface area contributed by atoms with Crippen LogP contribution in [-0.4, -0.2) is 10.8 Å². The van der Waals surface area contributed by atoms with E-state index in [0.29, 0.717) is 12.0 Å². The van der Waals surface area contributed by atoms with Crippen LogP contribution in [0.15, 0.2) is 54.6 Å². The molecule has 0 unspecified atom stereocenters. The first kappa shape index (κ1) is 13.5. The van der Waals surface area contributed by atoms with Gasteiger partial charge in [-0.15, -0.1) is 0 Å². The van der Waals surface area contributed by atoms with Crippen molar-refractivity contribution in [3.05, 3.63) is 81.4 Å². The van der Waals surface area contributed by atoms with Crippen LogP contribution in [0.1, 0.15) is 21.5 Å². The number of anilines is 1. The monoisotopic (exact) mass is 304 g/mol. The van der Waals surface area contributed by atoms with E-state index in [-0.39, 0.29) is 11.6 Å². The number of amides is 1. The fourth-order valence-corrected chi connectivity index (χ4v) is 3.06. The molecule has 0 spiro atoms. The smallest absolute Gasteiger partial charge is 0.269 e. The number of rotatable bonds is 3. The Labute approximate surface area is 131 Å². The molecule has 0 bridgehead atoms. The Morgan fingerprint density at radius 3 is 2.52 bits per heavy atom. The topological polar surface area (TPSA) is 72.2 Å². The van der Waals surface area contributed by atoms with E-state index in [0.717, 1.165) is 27.6 Å². The maximum atomic E-state index is 11.9. The minimum absolute atomic E-state index is 0.0712. The molecular weight excluding hydrogens is 292 g/mol. The summed E-state index contributed by atoms with van der Waals surface area (Å²) in [5.74, 6) is -0.0712. The summed E-state index contributed by atoms with van der Waals surface area (Å²) in [4.78, 5) is 22.3. The molecule has 5 nitrogen and oxygen atoms in total. The summed E-state index contributed by atoms with van der Waals surface area (Å²) in [7, 11) is 0. The number of nitro groups is 1. The van der Waals surface area contributed by atoms with E-state index in [4.69, 9.17) is 0 Å². The van der Waals surface area contributed by atoms with Crippen LogP contribution in [0.2, 0.25) is 0 Å². The molecule has 1 heterocycles. The Bertz CT molecular complexity index is 962. The lowest BCUT2D eigenvalue weighted by Crippen LogP contribution is -2.03. The second-order valence-electron chi connectivity index (χ2n) is 5.55. The van der Waals surface area contributed by atoms with Crippen molar-refractivity contribution in [3.63, 3.8) is 0 Å². The SMILES string of the molecule is O=C1Nc2ccc(Cc3ccc([N+](=O)[O-])cc3)c3cccc1c23. The predicted octanol–water partition coefficient (Wildman–Crippen LogP) is 3.90. The molecular formula is C18H12N2O3. The van der Waals surface area contributed by atoms with E-state index < -0.39 is 4.92 Å². The van der Waals surface area contributed by atoms with Crippen molar-refractivity contribution >= 4 is 28.1 Å². The summed E-state index contributed by atoms with van der Waals surface area (Å²) in [6, 6.07) is 16.2. The molecule has 1 N–H and O–H groups in total. The Kier molecular flexibility index (Phi) is 2.87. The summed E-state index contributed by atoms with van der Waals surface area (Å²) >= 11 is 0. The lowest BCUT2D eigenvalue weighted by molar-refractivity contribution is -0.384. The minimum atomic E-state index is -0.403. The average molecular weight is 304 g/mol. The van der Waals surface area contributed by atoms with E-state index in [1.54, 1.807) is 12.1 Å². The second-order valence-corrected chi connectivity index (χ2v) is 5.55. The Hall–Kier alpha value is -3.21. The molecule has 1 aliphatic heterocycles. The van der Waals surface area contributed by atoms with Gasteiger partial charge in [-0.3, -0.25) is 14.9 Å². The molecule has 0 aliphatic carbocycles. The first-order valence-corrected chi connectivity index (χ1v) is 7.23. The fourth-order valence-electron chi connectivity index (χ4n) is 3.06. The van der Waals surface area contributed by atoms with E-state index >= 15 is 0 Å². The van der Waals surface area contributed by atoms with Crippen LogP contribution in [-0.2, 0) is 6.42 Å². The third-order valence-corrected chi connectivity index (χ3v) is 4.17. The van der Waals surface area contributed by atoms with Gasteiger partial charge in [-0.1, -0.05) is 30.3 Å². The second kappa shape index (κ2) is 4.91. The molecule has 1 aliphatic rings. The number of carbonyl (C=O) groups excluding carboxylic acids is 1. The summed E-state index contributed by atoms with van der Waals surface area (Å²) in [6.07, 6.45) is 0.659. The Balaban J connectivity index is 1.77. The van der Waals surface area contributed by atoms with E-state index in [1.165, 1.54) is 12.1 Å². The number of nitrogens with zero attached hydrogens (tertiary/aromatic N) is 1. The lowest BCUT2D eigenvalue weighted by atomic mass is 9.96. The molecule has 4 rings (SSSR count). The zero-order valence-corrected chi connectivity index (χ0v) is 12.1. The van der Waals surface area contributed by atoms with Crippen LogP contribution in [0.25, 0.3) is 10.8 Å². The normalized spacial score (nSPS) is 12.4. The molecule has 3 aromatic carbocycles. The summed E-state index contributed by atoms with van der Waals surface area (Å²) < 4.78 is 0. The number of nitro benzene ring substituents is 1. The quantitative estimate of drug-likeness (QED) is 0.589. The van der Waals surface area contributed by atoms with Crippen LogP contribution < -0.4 is 5.32 Å². The van der Waals surface area contributed by atoms with Gasteiger partial charge in [0.15, 0.2) is 0 Å². The Morgan fingerprint density at radius 1 is 1.00 bits per heavy atom. The fraction of sp³-hybridized carbons (Fsp3) is 0.0556. The van der Waals surface area contributed by atoms with Gasteiger partial charge in [0, 0.05) is 28.8 Å². The first-order chi connectivity index (χ1) is 11.1. The van der Waals surface area contributed by atoms with Gasteiger partial charge < -0.3 is 5.32 Å². The number of benzene rings is 3. The standard InChI is InChI=1S/C18H12N2O3/c21-18-15-3-1-2-14-12(6-9-16(19-18)17(14)15)10-11-4-7-13(8-5-11)20(22)23/h1-9H,10H2,(H,19,21). The average Bonchev–Trinajstić information content (AvgIpc) is 2.89. The van der Waals surface area contributed by atoms with Gasteiger partial charge in [-0.25, -0.2) is 0 Å². The van der Waals surface area contributed by atoms with E-state index in [2.05, 4.69) is 5.32 Å². The highest BCUT2D eigenvalue weighted by Crippen LogP contribution is 2.35. The maximum Gasteiger partial charge on any atom is 0.269 e. The van der Waals surface area contributed by atoms with Gasteiger partial charge in [0.1, 0.15) is 0 Å². The van der Waals surface area contributed by atoms with Crippen molar-refractivity contribution in [3.8, 4) is 0 Å². The number of hydrogen-bond acceptors (Lipinski definition) is 3. The van der Waals surface area contributed by atoms with Crippen molar-refractivity contribution in [1.82, 2.24) is 0 Å². The minimum Gasteiger partial charge on any atom is -0.321 e. The largest absolute Gasteiger partial charge is 0.321 e. The van der Waals surface area contributed by atoms with Gasteiger partial charge in [-0.05, 0) is 35.1 Å². The van der Waals surface area contributed by atoms with Crippen molar-refractivity contribution in [2.45, 2.75) is 6.42 Å². The molecule has 0 saturated heterocycles. The summed E-state index contributed by atoms with van der Waals surface area (Å²) in [6.45, 7) is 0. The molecule has 0 radical (unpaired) electrons. The summed E-state index contributed by atoms with van der Waals surface area (Å²) in [5, 5.41) is 15.6. The maximum absolute atomic E-state index is 11.9. The van der Waals surface area contributed by atoms with Gasteiger partial charge in [-0.2, -0.15) is 0 Å². The lowest BCUT2D eigenvalue weighted by Gasteiger charge is -2.08. The molecule has 0 atom stereocenters. The highest BCUT2D eigenvalue weighted by molar-refractivity contribution is 6.24. The number of hydrogen-bond donors (Lipinski definition) is 1. The number of non-ortho nitro benzene ring substituents is 1. The zero-order chi connectivity index (χ0) is 16.0. The molecule has 0 fully saturated rings. The van der Waals surface area contributed by atoms with Gasteiger partial charge >= 0.3 is 0 Å². The van der Waals surface area contributed by atoms with Gasteiger partial charge in [0.25, 0.3) is 11.6 Å². The van der Waals surface area contributed by atoms with Crippen LogP contribution >= 0.6 is 0 Å². The third kappa shape index (κ3) is 2.14.